The third kappa shape index (κ3) is 3.33. The number of thiophene rings is 1. The molecule has 116 valence electrons. The molecular formula is C15H7Cl3N2O2S. The fraction of sp³-hybridized carbons (Fsp3) is 0. The van der Waals surface area contributed by atoms with Crippen LogP contribution in [0.15, 0.2) is 36.4 Å². The zero-order valence-corrected chi connectivity index (χ0v) is 14.3. The Morgan fingerprint density at radius 3 is 2.17 bits per heavy atom. The highest BCUT2D eigenvalue weighted by Gasteiger charge is 2.16. The van der Waals surface area contributed by atoms with E-state index < -0.39 is 0 Å². The van der Waals surface area contributed by atoms with Crippen LogP contribution in [0.3, 0.4) is 0 Å². The first-order chi connectivity index (χ1) is 11.0. The van der Waals surface area contributed by atoms with Crippen molar-refractivity contribution in [3.8, 4) is 16.5 Å². The van der Waals surface area contributed by atoms with Gasteiger partial charge in [-0.1, -0.05) is 34.8 Å². The molecule has 0 bridgehead atoms. The summed E-state index contributed by atoms with van der Waals surface area (Å²) in [4.78, 5) is 21.5. The van der Waals surface area contributed by atoms with Crippen LogP contribution in [0, 0.1) is 0 Å². The fourth-order valence-electron chi connectivity index (χ4n) is 1.84. The monoisotopic (exact) mass is 384 g/mol. The second-order valence-electron chi connectivity index (χ2n) is 4.48. The van der Waals surface area contributed by atoms with Crippen molar-refractivity contribution < 1.29 is 9.90 Å². The summed E-state index contributed by atoms with van der Waals surface area (Å²) in [6, 6.07) is 10.0. The molecule has 0 saturated carbocycles. The Hall–Kier alpha value is -1.66. The number of halogens is 3. The van der Waals surface area contributed by atoms with Crippen molar-refractivity contribution >= 4 is 51.9 Å². The molecule has 0 spiro atoms. The lowest BCUT2D eigenvalue weighted by atomic mass is 10.1. The van der Waals surface area contributed by atoms with Gasteiger partial charge in [0.05, 0.1) is 9.75 Å². The van der Waals surface area contributed by atoms with Crippen LogP contribution in [0.1, 0.15) is 15.2 Å². The maximum atomic E-state index is 12.4. The van der Waals surface area contributed by atoms with E-state index in [2.05, 4.69) is 9.97 Å². The highest BCUT2D eigenvalue weighted by atomic mass is 35.5. The lowest BCUT2D eigenvalue weighted by molar-refractivity contribution is 0.104. The van der Waals surface area contributed by atoms with Gasteiger partial charge in [-0.25, -0.2) is 9.97 Å². The molecule has 1 aromatic carbocycles. The lowest BCUT2D eigenvalue weighted by Gasteiger charge is -2.01. The molecule has 0 fully saturated rings. The molecule has 3 rings (SSSR count). The molecule has 2 aromatic heterocycles. The summed E-state index contributed by atoms with van der Waals surface area (Å²) in [5.74, 6) is -0.252. The summed E-state index contributed by atoms with van der Waals surface area (Å²) in [7, 11) is 0. The highest BCUT2D eigenvalue weighted by Crippen LogP contribution is 2.33. The molecule has 0 aliphatic heterocycles. The number of aromatic nitrogens is 2. The Balaban J connectivity index is 1.94. The number of nitrogens with zero attached hydrogens (tertiary/aromatic N) is 2. The smallest absolute Gasteiger partial charge is 0.202 e. The normalized spacial score (nSPS) is 10.7. The third-order valence-electron chi connectivity index (χ3n) is 2.96. The van der Waals surface area contributed by atoms with E-state index in [1.807, 2.05) is 0 Å². The van der Waals surface area contributed by atoms with Gasteiger partial charge < -0.3 is 5.11 Å². The zero-order chi connectivity index (χ0) is 16.6. The van der Waals surface area contributed by atoms with Crippen LogP contribution in [-0.4, -0.2) is 20.9 Å². The van der Waals surface area contributed by atoms with E-state index in [0.717, 1.165) is 0 Å². The molecule has 2 heterocycles. The van der Waals surface area contributed by atoms with Gasteiger partial charge in [0, 0.05) is 10.6 Å². The summed E-state index contributed by atoms with van der Waals surface area (Å²) in [5.41, 5.74) is 0.533. The maximum absolute atomic E-state index is 12.4. The van der Waals surface area contributed by atoms with E-state index >= 15 is 0 Å². The molecular weight excluding hydrogens is 379 g/mol. The minimum Gasteiger partial charge on any atom is -0.503 e. The number of hydrogen-bond acceptors (Lipinski definition) is 5. The SMILES string of the molecule is O=C(c1ccc(Cl)cc1)c1ccc(-c2nc(Cl)c(O)c(Cl)n2)s1. The molecule has 23 heavy (non-hydrogen) atoms. The topological polar surface area (TPSA) is 63.1 Å². The Bertz CT molecular complexity index is 871. The van der Waals surface area contributed by atoms with Crippen molar-refractivity contribution in [3.63, 3.8) is 0 Å². The molecule has 0 saturated heterocycles. The van der Waals surface area contributed by atoms with Crippen molar-refractivity contribution in [2.45, 2.75) is 0 Å². The van der Waals surface area contributed by atoms with E-state index in [1.165, 1.54) is 11.3 Å². The first kappa shape index (κ1) is 16.2. The number of carbonyl (C=O) groups is 1. The van der Waals surface area contributed by atoms with Gasteiger partial charge in [-0.05, 0) is 36.4 Å². The van der Waals surface area contributed by atoms with Gasteiger partial charge in [-0.15, -0.1) is 11.3 Å². The van der Waals surface area contributed by atoms with Crippen molar-refractivity contribution in [2.24, 2.45) is 0 Å². The molecule has 3 aromatic rings. The molecule has 0 amide bonds. The Morgan fingerprint density at radius 1 is 0.957 bits per heavy atom. The van der Waals surface area contributed by atoms with E-state index in [4.69, 9.17) is 34.8 Å². The van der Waals surface area contributed by atoms with Crippen molar-refractivity contribution in [1.29, 1.82) is 0 Å². The van der Waals surface area contributed by atoms with E-state index in [9.17, 15) is 9.90 Å². The summed E-state index contributed by atoms with van der Waals surface area (Å²) in [6.45, 7) is 0. The maximum Gasteiger partial charge on any atom is 0.202 e. The van der Waals surface area contributed by atoms with Crippen LogP contribution in [0.2, 0.25) is 15.3 Å². The van der Waals surface area contributed by atoms with Gasteiger partial charge in [0.15, 0.2) is 21.9 Å². The lowest BCUT2D eigenvalue weighted by Crippen LogP contribution is -1.97. The quantitative estimate of drug-likeness (QED) is 0.503. The predicted octanol–water partition coefficient (Wildman–Crippen LogP) is 5.10. The van der Waals surface area contributed by atoms with Crippen molar-refractivity contribution in [1.82, 2.24) is 9.97 Å². The Kier molecular flexibility index (Phi) is 4.55. The van der Waals surface area contributed by atoms with E-state index in [1.54, 1.807) is 36.4 Å². The third-order valence-corrected chi connectivity index (χ3v) is 4.81. The Labute approximate surface area is 150 Å². The van der Waals surface area contributed by atoms with Gasteiger partial charge in [0.1, 0.15) is 0 Å². The number of carbonyl (C=O) groups excluding carboxylic acids is 1. The molecule has 0 aliphatic carbocycles. The average molecular weight is 386 g/mol. The molecule has 1 N–H and O–H groups in total. The first-order valence-electron chi connectivity index (χ1n) is 6.28. The summed E-state index contributed by atoms with van der Waals surface area (Å²) >= 11 is 18.6. The zero-order valence-electron chi connectivity index (χ0n) is 11.3. The predicted molar refractivity (Wildman–Crippen MR) is 91.9 cm³/mol. The number of benzene rings is 1. The minimum absolute atomic E-state index is 0.131. The average Bonchev–Trinajstić information content (AvgIpc) is 3.02. The Morgan fingerprint density at radius 2 is 1.57 bits per heavy atom. The molecule has 0 aliphatic rings. The van der Waals surface area contributed by atoms with Crippen LogP contribution < -0.4 is 0 Å². The molecule has 4 nitrogen and oxygen atoms in total. The second-order valence-corrected chi connectivity index (χ2v) is 6.71. The van der Waals surface area contributed by atoms with Gasteiger partial charge in [-0.3, -0.25) is 4.79 Å². The summed E-state index contributed by atoms with van der Waals surface area (Å²) in [5, 5.41) is 9.78. The number of rotatable bonds is 3. The summed E-state index contributed by atoms with van der Waals surface area (Å²) < 4.78 is 0. The number of aromatic hydroxyl groups is 1. The number of hydrogen-bond donors (Lipinski definition) is 1. The second kappa shape index (κ2) is 6.45. The van der Waals surface area contributed by atoms with Gasteiger partial charge in [0.2, 0.25) is 5.78 Å². The largest absolute Gasteiger partial charge is 0.503 e. The van der Waals surface area contributed by atoms with Crippen molar-refractivity contribution in [3.05, 3.63) is 62.2 Å². The standard InChI is InChI=1S/C15H7Cl3N2O2S/c16-8-3-1-7(2-4-8)11(21)9-5-6-10(23-9)15-19-13(17)12(22)14(18)20-15/h1-6,22H. The first-order valence-corrected chi connectivity index (χ1v) is 8.23. The van der Waals surface area contributed by atoms with E-state index in [0.29, 0.717) is 20.3 Å². The van der Waals surface area contributed by atoms with Crippen LogP contribution in [0.5, 0.6) is 5.75 Å². The summed E-state index contributed by atoms with van der Waals surface area (Å²) in [6.07, 6.45) is 0. The highest BCUT2D eigenvalue weighted by molar-refractivity contribution is 7.17. The fourth-order valence-corrected chi connectivity index (χ4v) is 3.25. The van der Waals surface area contributed by atoms with Crippen LogP contribution in [-0.2, 0) is 0 Å². The van der Waals surface area contributed by atoms with Crippen LogP contribution in [0.4, 0.5) is 0 Å². The minimum atomic E-state index is -0.369. The van der Waals surface area contributed by atoms with Gasteiger partial charge in [-0.2, -0.15) is 0 Å². The molecule has 0 unspecified atom stereocenters. The van der Waals surface area contributed by atoms with Crippen LogP contribution >= 0.6 is 46.1 Å². The van der Waals surface area contributed by atoms with Gasteiger partial charge >= 0.3 is 0 Å². The number of ketones is 1. The molecule has 0 radical (unpaired) electrons. The molecule has 8 heteroatoms. The van der Waals surface area contributed by atoms with Crippen molar-refractivity contribution in [2.75, 3.05) is 0 Å². The molecule has 0 atom stereocenters. The van der Waals surface area contributed by atoms with Gasteiger partial charge in [0.25, 0.3) is 0 Å². The van der Waals surface area contributed by atoms with Crippen LogP contribution in [0.25, 0.3) is 10.7 Å². The van der Waals surface area contributed by atoms with E-state index in [-0.39, 0.29) is 27.7 Å².